The summed E-state index contributed by atoms with van der Waals surface area (Å²) in [7, 11) is 0. The largest absolute Gasteiger partial charge is 0.265 e. The second-order valence-corrected chi connectivity index (χ2v) is 7.17. The summed E-state index contributed by atoms with van der Waals surface area (Å²) in [6.07, 6.45) is 3.67. The highest BCUT2D eigenvalue weighted by Crippen LogP contribution is 2.40. The normalized spacial score (nSPS) is 10.8. The number of benzene rings is 2. The Kier molecular flexibility index (Phi) is 4.16. The molecule has 0 fully saturated rings. The van der Waals surface area contributed by atoms with Gasteiger partial charge in [-0.3, -0.25) is 4.98 Å². The molecule has 0 N–H and O–H groups in total. The first-order valence-electron chi connectivity index (χ1n) is 8.26. The van der Waals surface area contributed by atoms with E-state index in [0.29, 0.717) is 0 Å². The molecule has 0 bridgehead atoms. The van der Waals surface area contributed by atoms with Gasteiger partial charge in [0, 0.05) is 23.5 Å². The Morgan fingerprint density at radius 2 is 1.36 bits per heavy atom. The summed E-state index contributed by atoms with van der Waals surface area (Å²) in [6, 6.07) is 21.1. The van der Waals surface area contributed by atoms with Crippen molar-refractivity contribution in [3.63, 3.8) is 0 Å². The van der Waals surface area contributed by atoms with Gasteiger partial charge in [-0.05, 0) is 43.7 Å². The van der Waals surface area contributed by atoms with Gasteiger partial charge in [-0.2, -0.15) is 0 Å². The topological polar surface area (TPSA) is 25.8 Å². The Morgan fingerprint density at radius 1 is 0.720 bits per heavy atom. The summed E-state index contributed by atoms with van der Waals surface area (Å²) in [6.45, 7) is 4.23. The van der Waals surface area contributed by atoms with Crippen molar-refractivity contribution in [2.75, 3.05) is 0 Å². The lowest BCUT2D eigenvalue weighted by Crippen LogP contribution is -1.84. The highest BCUT2D eigenvalue weighted by atomic mass is 32.1. The van der Waals surface area contributed by atoms with Crippen LogP contribution in [0.5, 0.6) is 0 Å². The van der Waals surface area contributed by atoms with Crippen LogP contribution in [-0.4, -0.2) is 9.97 Å². The van der Waals surface area contributed by atoms with E-state index in [0.717, 1.165) is 21.8 Å². The highest BCUT2D eigenvalue weighted by molar-refractivity contribution is 7.19. The number of nitrogens with zero attached hydrogens (tertiary/aromatic N) is 2. The molecule has 0 spiro atoms. The average molecular weight is 342 g/mol. The number of thiazole rings is 1. The van der Waals surface area contributed by atoms with Gasteiger partial charge in [0.2, 0.25) is 0 Å². The predicted octanol–water partition coefficient (Wildman–Crippen LogP) is 6.16. The van der Waals surface area contributed by atoms with E-state index < -0.39 is 0 Å². The van der Waals surface area contributed by atoms with Crippen molar-refractivity contribution < 1.29 is 0 Å². The molecule has 4 aromatic rings. The molecule has 2 nitrogen and oxygen atoms in total. The first kappa shape index (κ1) is 15.7. The number of pyridine rings is 1. The minimum atomic E-state index is 1.04. The van der Waals surface area contributed by atoms with E-state index in [9.17, 15) is 0 Å². The Balaban J connectivity index is 1.92. The number of aryl methyl sites for hydroxylation is 2. The maximum atomic E-state index is 5.01. The van der Waals surface area contributed by atoms with Gasteiger partial charge in [0.15, 0.2) is 0 Å². The Hall–Kier alpha value is -2.78. The van der Waals surface area contributed by atoms with Crippen LogP contribution < -0.4 is 0 Å². The Bertz CT molecular complexity index is 1020. The van der Waals surface area contributed by atoms with Crippen LogP contribution in [0.1, 0.15) is 11.1 Å². The second-order valence-electron chi connectivity index (χ2n) is 6.17. The van der Waals surface area contributed by atoms with Crippen LogP contribution in [0, 0.1) is 13.8 Å². The van der Waals surface area contributed by atoms with Gasteiger partial charge >= 0.3 is 0 Å². The van der Waals surface area contributed by atoms with Crippen LogP contribution in [0.4, 0.5) is 0 Å². The highest BCUT2D eigenvalue weighted by Gasteiger charge is 2.16. The Morgan fingerprint density at radius 3 is 2.04 bits per heavy atom. The molecule has 0 atom stereocenters. The molecule has 2 heterocycles. The molecular weight excluding hydrogens is 324 g/mol. The average Bonchev–Trinajstić information content (AvgIpc) is 3.08. The van der Waals surface area contributed by atoms with E-state index in [1.807, 2.05) is 24.5 Å². The maximum Gasteiger partial charge on any atom is 0.124 e. The monoisotopic (exact) mass is 342 g/mol. The van der Waals surface area contributed by atoms with Crippen LogP contribution in [0.3, 0.4) is 0 Å². The molecule has 0 amide bonds. The van der Waals surface area contributed by atoms with Gasteiger partial charge in [0.1, 0.15) is 5.01 Å². The van der Waals surface area contributed by atoms with Gasteiger partial charge < -0.3 is 0 Å². The number of rotatable bonds is 3. The third-order valence-corrected chi connectivity index (χ3v) is 5.28. The van der Waals surface area contributed by atoms with Crippen molar-refractivity contribution in [1.82, 2.24) is 9.97 Å². The van der Waals surface area contributed by atoms with Crippen LogP contribution in [0.15, 0.2) is 73.1 Å². The van der Waals surface area contributed by atoms with Crippen molar-refractivity contribution in [3.8, 4) is 32.3 Å². The minimum Gasteiger partial charge on any atom is -0.265 e. The first-order valence-corrected chi connectivity index (χ1v) is 9.08. The quantitative estimate of drug-likeness (QED) is 0.446. The predicted molar refractivity (Wildman–Crippen MR) is 106 cm³/mol. The van der Waals surface area contributed by atoms with E-state index in [2.05, 4.69) is 67.4 Å². The molecule has 0 aliphatic rings. The molecular formula is C22H18N2S. The zero-order chi connectivity index (χ0) is 17.2. The lowest BCUT2D eigenvalue weighted by Gasteiger charge is -2.03. The Labute approximate surface area is 151 Å². The summed E-state index contributed by atoms with van der Waals surface area (Å²) >= 11 is 1.74. The molecule has 0 saturated heterocycles. The molecule has 0 radical (unpaired) electrons. The van der Waals surface area contributed by atoms with Gasteiger partial charge in [-0.1, -0.05) is 47.5 Å². The van der Waals surface area contributed by atoms with Crippen molar-refractivity contribution in [3.05, 3.63) is 84.2 Å². The van der Waals surface area contributed by atoms with E-state index in [1.165, 1.54) is 21.6 Å². The fraction of sp³-hybridized carbons (Fsp3) is 0.0909. The molecule has 2 aromatic heterocycles. The maximum absolute atomic E-state index is 5.01. The smallest absolute Gasteiger partial charge is 0.124 e. The lowest BCUT2D eigenvalue weighted by atomic mass is 10.1. The summed E-state index contributed by atoms with van der Waals surface area (Å²) in [5, 5.41) is 1.05. The molecule has 122 valence electrons. The van der Waals surface area contributed by atoms with E-state index in [-0.39, 0.29) is 0 Å². The molecule has 4 rings (SSSR count). The van der Waals surface area contributed by atoms with Crippen molar-refractivity contribution >= 4 is 11.3 Å². The third kappa shape index (κ3) is 3.24. The fourth-order valence-electron chi connectivity index (χ4n) is 2.91. The summed E-state index contributed by atoms with van der Waals surface area (Å²) in [4.78, 5) is 10.3. The second kappa shape index (κ2) is 6.61. The molecule has 0 saturated carbocycles. The SMILES string of the molecule is Cc1cccc(-c2nc(-c3cccc(C)c3)c(-c3ccncc3)s2)c1. The first-order chi connectivity index (χ1) is 12.2. The summed E-state index contributed by atoms with van der Waals surface area (Å²) in [5.41, 5.74) is 7.00. The van der Waals surface area contributed by atoms with Crippen molar-refractivity contribution in [1.29, 1.82) is 0 Å². The number of hydrogen-bond donors (Lipinski definition) is 0. The molecule has 0 unspecified atom stereocenters. The molecule has 0 aliphatic carbocycles. The molecule has 25 heavy (non-hydrogen) atoms. The summed E-state index contributed by atoms with van der Waals surface area (Å²) in [5.74, 6) is 0. The van der Waals surface area contributed by atoms with E-state index in [4.69, 9.17) is 4.98 Å². The molecule has 0 aliphatic heterocycles. The van der Waals surface area contributed by atoms with Gasteiger partial charge in [-0.25, -0.2) is 4.98 Å². The standard InChI is InChI=1S/C22H18N2S/c1-15-5-3-7-18(13-15)20-21(17-9-11-23-12-10-17)25-22(24-20)19-8-4-6-16(2)14-19/h3-14H,1-2H3. The van der Waals surface area contributed by atoms with Crippen molar-refractivity contribution in [2.24, 2.45) is 0 Å². The zero-order valence-corrected chi connectivity index (χ0v) is 15.0. The fourth-order valence-corrected chi connectivity index (χ4v) is 4.00. The third-order valence-electron chi connectivity index (χ3n) is 4.13. The zero-order valence-electron chi connectivity index (χ0n) is 14.2. The van der Waals surface area contributed by atoms with Gasteiger partial charge in [0.25, 0.3) is 0 Å². The number of aromatic nitrogens is 2. The number of hydrogen-bond acceptors (Lipinski definition) is 3. The van der Waals surface area contributed by atoms with Crippen molar-refractivity contribution in [2.45, 2.75) is 13.8 Å². The molecule has 2 aromatic carbocycles. The lowest BCUT2D eigenvalue weighted by molar-refractivity contribution is 1.33. The van der Waals surface area contributed by atoms with Gasteiger partial charge in [0.05, 0.1) is 10.6 Å². The molecule has 3 heteroatoms. The summed E-state index contributed by atoms with van der Waals surface area (Å²) < 4.78 is 0. The van der Waals surface area contributed by atoms with Gasteiger partial charge in [-0.15, -0.1) is 11.3 Å². The van der Waals surface area contributed by atoms with Crippen LogP contribution >= 0.6 is 11.3 Å². The van der Waals surface area contributed by atoms with E-state index in [1.54, 1.807) is 11.3 Å². The van der Waals surface area contributed by atoms with Crippen LogP contribution in [0.2, 0.25) is 0 Å². The minimum absolute atomic E-state index is 1.04. The van der Waals surface area contributed by atoms with Crippen LogP contribution in [-0.2, 0) is 0 Å². The van der Waals surface area contributed by atoms with Crippen LogP contribution in [0.25, 0.3) is 32.3 Å². The van der Waals surface area contributed by atoms with E-state index >= 15 is 0 Å².